The van der Waals surface area contributed by atoms with E-state index in [4.69, 9.17) is 0 Å². The number of hydrogen-bond donors (Lipinski definition) is 2. The first-order valence-corrected chi connectivity index (χ1v) is 8.30. The number of piperidine rings is 1. The number of carbonyl (C=O) groups excluding carboxylic acids is 1. The highest BCUT2D eigenvalue weighted by atomic mass is 19.1. The number of rotatable bonds is 3. The molecule has 7 heteroatoms. The molecule has 4 rings (SSSR count). The molecule has 128 valence electrons. The Hall–Kier alpha value is -2.96. The summed E-state index contributed by atoms with van der Waals surface area (Å²) >= 11 is 0. The number of aromatic amines is 1. The number of likely N-dealkylation sites (tertiary alicyclic amines) is 1. The number of amides is 1. The van der Waals surface area contributed by atoms with Gasteiger partial charge in [0.1, 0.15) is 16.9 Å². The van der Waals surface area contributed by atoms with Crippen LogP contribution in [0.3, 0.4) is 0 Å². The minimum Gasteiger partial charge on any atom is -0.382 e. The van der Waals surface area contributed by atoms with Crippen LogP contribution in [0.4, 0.5) is 10.1 Å². The van der Waals surface area contributed by atoms with Gasteiger partial charge in [0.05, 0.1) is 11.8 Å². The molecule has 3 aromatic rings. The van der Waals surface area contributed by atoms with Crippen LogP contribution in [0.1, 0.15) is 23.2 Å². The lowest BCUT2D eigenvalue weighted by Crippen LogP contribution is -2.42. The molecule has 1 fully saturated rings. The van der Waals surface area contributed by atoms with Gasteiger partial charge in [-0.3, -0.25) is 9.78 Å². The first-order valence-electron chi connectivity index (χ1n) is 8.30. The van der Waals surface area contributed by atoms with Gasteiger partial charge in [0.25, 0.3) is 5.91 Å². The van der Waals surface area contributed by atoms with Crippen LogP contribution < -0.4 is 5.32 Å². The topological polar surface area (TPSA) is 73.9 Å². The molecule has 2 N–H and O–H groups in total. The van der Waals surface area contributed by atoms with Crippen LogP contribution in [-0.4, -0.2) is 44.9 Å². The number of aromatic nitrogens is 3. The Balaban J connectivity index is 1.46. The number of pyridine rings is 1. The molecule has 1 amide bonds. The van der Waals surface area contributed by atoms with E-state index in [1.807, 2.05) is 12.1 Å². The molecule has 0 atom stereocenters. The van der Waals surface area contributed by atoms with Crippen molar-refractivity contribution in [3.8, 4) is 0 Å². The Kier molecular flexibility index (Phi) is 4.05. The maximum absolute atomic E-state index is 14.2. The summed E-state index contributed by atoms with van der Waals surface area (Å²) in [5.41, 5.74) is 2.13. The van der Waals surface area contributed by atoms with E-state index >= 15 is 0 Å². The zero-order chi connectivity index (χ0) is 17.2. The molecule has 3 heterocycles. The molecule has 2 aromatic heterocycles. The van der Waals surface area contributed by atoms with Crippen molar-refractivity contribution < 1.29 is 9.18 Å². The van der Waals surface area contributed by atoms with E-state index in [9.17, 15) is 9.18 Å². The van der Waals surface area contributed by atoms with Crippen molar-refractivity contribution in [3.63, 3.8) is 0 Å². The lowest BCUT2D eigenvalue weighted by atomic mass is 10.0. The SMILES string of the molecule is O=C(c1c(F)ccc2[nH]cnc12)N1CCC(Nc2ccncc2)CC1. The number of H-pyrrole nitrogens is 1. The first kappa shape index (κ1) is 15.6. The number of hydrogen-bond acceptors (Lipinski definition) is 4. The standard InChI is InChI=1S/C18H18FN5O/c19-14-1-2-15-17(22-11-21-15)16(14)18(25)24-9-5-13(6-10-24)23-12-3-7-20-8-4-12/h1-4,7-8,11,13H,5-6,9-10H2,(H,20,23)(H,21,22). The van der Waals surface area contributed by atoms with Gasteiger partial charge in [-0.15, -0.1) is 0 Å². The van der Waals surface area contributed by atoms with Crippen molar-refractivity contribution in [1.82, 2.24) is 19.9 Å². The molecule has 0 aliphatic carbocycles. The van der Waals surface area contributed by atoms with E-state index in [0.29, 0.717) is 24.1 Å². The third-order valence-electron chi connectivity index (χ3n) is 4.59. The van der Waals surface area contributed by atoms with Crippen molar-refractivity contribution in [2.45, 2.75) is 18.9 Å². The molecule has 0 bridgehead atoms. The second-order valence-corrected chi connectivity index (χ2v) is 6.17. The van der Waals surface area contributed by atoms with Crippen LogP contribution in [-0.2, 0) is 0 Å². The van der Waals surface area contributed by atoms with Crippen LogP contribution in [0, 0.1) is 5.82 Å². The second-order valence-electron chi connectivity index (χ2n) is 6.17. The summed E-state index contributed by atoms with van der Waals surface area (Å²) in [5, 5.41) is 3.45. The minimum atomic E-state index is -0.526. The number of imidazole rings is 1. The van der Waals surface area contributed by atoms with Gasteiger partial charge in [-0.25, -0.2) is 9.37 Å². The van der Waals surface area contributed by atoms with Gasteiger partial charge in [-0.2, -0.15) is 0 Å². The molecule has 1 aliphatic heterocycles. The summed E-state index contributed by atoms with van der Waals surface area (Å²) < 4.78 is 14.2. The summed E-state index contributed by atoms with van der Waals surface area (Å²) in [7, 11) is 0. The summed E-state index contributed by atoms with van der Waals surface area (Å²) in [6, 6.07) is 7.04. The molecule has 0 spiro atoms. The summed E-state index contributed by atoms with van der Waals surface area (Å²) in [6.45, 7) is 1.17. The third kappa shape index (κ3) is 3.05. The number of benzene rings is 1. The molecular formula is C18H18FN5O. The minimum absolute atomic E-state index is 0.0549. The molecule has 0 unspecified atom stereocenters. The monoisotopic (exact) mass is 339 g/mol. The van der Waals surface area contributed by atoms with Crippen molar-refractivity contribution in [1.29, 1.82) is 0 Å². The van der Waals surface area contributed by atoms with Crippen LogP contribution in [0.5, 0.6) is 0 Å². The van der Waals surface area contributed by atoms with Crippen LogP contribution in [0.25, 0.3) is 11.0 Å². The largest absolute Gasteiger partial charge is 0.382 e. The Morgan fingerprint density at radius 2 is 1.96 bits per heavy atom. The highest BCUT2D eigenvalue weighted by Gasteiger charge is 2.27. The van der Waals surface area contributed by atoms with Gasteiger partial charge in [0.15, 0.2) is 0 Å². The molecule has 1 aromatic carbocycles. The Morgan fingerprint density at radius 3 is 2.72 bits per heavy atom. The van der Waals surface area contributed by atoms with Crippen molar-refractivity contribution in [2.24, 2.45) is 0 Å². The van der Waals surface area contributed by atoms with Gasteiger partial charge in [-0.05, 0) is 37.1 Å². The maximum atomic E-state index is 14.2. The Labute approximate surface area is 144 Å². The third-order valence-corrected chi connectivity index (χ3v) is 4.59. The van der Waals surface area contributed by atoms with E-state index < -0.39 is 5.82 Å². The Morgan fingerprint density at radius 1 is 1.20 bits per heavy atom. The van der Waals surface area contributed by atoms with Gasteiger partial charge in [0.2, 0.25) is 0 Å². The smallest absolute Gasteiger partial charge is 0.259 e. The lowest BCUT2D eigenvalue weighted by Gasteiger charge is -2.33. The van der Waals surface area contributed by atoms with Crippen molar-refractivity contribution in [3.05, 3.63) is 54.4 Å². The predicted molar refractivity (Wildman–Crippen MR) is 92.8 cm³/mol. The number of nitrogens with zero attached hydrogens (tertiary/aromatic N) is 3. The van der Waals surface area contributed by atoms with Gasteiger partial charge >= 0.3 is 0 Å². The average molecular weight is 339 g/mol. The van der Waals surface area contributed by atoms with E-state index in [1.54, 1.807) is 23.4 Å². The number of carbonyl (C=O) groups is 1. The van der Waals surface area contributed by atoms with Crippen molar-refractivity contribution >= 4 is 22.6 Å². The lowest BCUT2D eigenvalue weighted by molar-refractivity contribution is 0.0716. The summed E-state index contributed by atoms with van der Waals surface area (Å²) in [4.78, 5) is 25.5. The summed E-state index contributed by atoms with van der Waals surface area (Å²) in [5.74, 6) is -0.820. The van der Waals surface area contributed by atoms with Crippen molar-refractivity contribution in [2.75, 3.05) is 18.4 Å². The second kappa shape index (κ2) is 6.51. The van der Waals surface area contributed by atoms with E-state index in [1.165, 1.54) is 12.4 Å². The number of halogens is 1. The number of nitrogens with one attached hydrogen (secondary N) is 2. The van der Waals surface area contributed by atoms with Gasteiger partial charge in [-0.1, -0.05) is 0 Å². The first-order chi connectivity index (χ1) is 12.2. The highest BCUT2D eigenvalue weighted by molar-refractivity contribution is 6.05. The van der Waals surface area contributed by atoms with Gasteiger partial charge < -0.3 is 15.2 Å². The zero-order valence-corrected chi connectivity index (χ0v) is 13.6. The Bertz CT molecular complexity index is 887. The van der Waals surface area contributed by atoms with Gasteiger partial charge in [0, 0.05) is 37.2 Å². The van der Waals surface area contributed by atoms with Crippen LogP contribution in [0.15, 0.2) is 43.0 Å². The molecular weight excluding hydrogens is 321 g/mol. The quantitative estimate of drug-likeness (QED) is 0.769. The average Bonchev–Trinajstić information content (AvgIpc) is 3.11. The van der Waals surface area contributed by atoms with E-state index in [0.717, 1.165) is 18.5 Å². The molecule has 25 heavy (non-hydrogen) atoms. The van der Waals surface area contributed by atoms with E-state index in [2.05, 4.69) is 20.3 Å². The predicted octanol–water partition coefficient (Wildman–Crippen LogP) is 2.81. The number of anilines is 1. The van der Waals surface area contributed by atoms with E-state index in [-0.39, 0.29) is 17.5 Å². The molecule has 1 saturated heterocycles. The fraction of sp³-hybridized carbons (Fsp3) is 0.278. The summed E-state index contributed by atoms with van der Waals surface area (Å²) in [6.07, 6.45) is 6.59. The molecule has 0 saturated carbocycles. The van der Waals surface area contributed by atoms with Crippen LogP contribution in [0.2, 0.25) is 0 Å². The fourth-order valence-corrected chi connectivity index (χ4v) is 3.26. The number of fused-ring (bicyclic) bond motifs is 1. The molecule has 0 radical (unpaired) electrons. The molecule has 1 aliphatic rings. The fourth-order valence-electron chi connectivity index (χ4n) is 3.26. The normalized spacial score (nSPS) is 15.5. The zero-order valence-electron chi connectivity index (χ0n) is 13.6. The molecule has 6 nitrogen and oxygen atoms in total. The highest BCUT2D eigenvalue weighted by Crippen LogP contribution is 2.23. The maximum Gasteiger partial charge on any atom is 0.259 e. The van der Waals surface area contributed by atoms with Crippen LogP contribution >= 0.6 is 0 Å².